The summed E-state index contributed by atoms with van der Waals surface area (Å²) in [4.78, 5) is 39.9. The van der Waals surface area contributed by atoms with Gasteiger partial charge in [-0.15, -0.1) is 6.42 Å². The lowest BCUT2D eigenvalue weighted by atomic mass is 9.98. The first-order valence-electron chi connectivity index (χ1n) is 27.0. The number of imidazole rings is 1. The molecule has 0 spiro atoms. The lowest BCUT2D eigenvalue weighted by molar-refractivity contribution is -0.158. The van der Waals surface area contributed by atoms with Crippen molar-refractivity contribution in [2.24, 2.45) is 0 Å². The summed E-state index contributed by atoms with van der Waals surface area (Å²) < 4.78 is 63.0. The molecular formula is C56H82FN6O8P. The van der Waals surface area contributed by atoms with Crippen LogP contribution in [0, 0.1) is 18.4 Å². The van der Waals surface area contributed by atoms with Gasteiger partial charge in [0.2, 0.25) is 0 Å². The molecule has 0 saturated carbocycles. The maximum absolute atomic E-state index is 15.5. The van der Waals surface area contributed by atoms with Crippen molar-refractivity contribution in [3.8, 4) is 18.1 Å². The first-order valence-corrected chi connectivity index (χ1v) is 28.6. The number of terminal acetylenes is 1. The molecule has 72 heavy (non-hydrogen) atoms. The number of esters is 2. The van der Waals surface area contributed by atoms with Gasteiger partial charge in [0.05, 0.1) is 6.33 Å². The number of benzene rings is 2. The quantitative estimate of drug-likeness (QED) is 0.0143. The third-order valence-electron chi connectivity index (χ3n) is 13.4. The highest BCUT2D eigenvalue weighted by Crippen LogP contribution is 2.49. The predicted molar refractivity (Wildman–Crippen MR) is 281 cm³/mol. The van der Waals surface area contributed by atoms with Crippen molar-refractivity contribution < 1.29 is 41.8 Å². The van der Waals surface area contributed by atoms with Crippen molar-refractivity contribution in [3.05, 3.63) is 78.6 Å². The summed E-state index contributed by atoms with van der Waals surface area (Å²) >= 11 is 0. The minimum absolute atomic E-state index is 0.0303. The van der Waals surface area contributed by atoms with Gasteiger partial charge in [0.25, 0.3) is 0 Å². The highest BCUT2D eigenvalue weighted by Gasteiger charge is 2.53. The van der Waals surface area contributed by atoms with E-state index < -0.39 is 56.3 Å². The molecule has 3 N–H and O–H groups in total. The fourth-order valence-corrected chi connectivity index (χ4v) is 10.7. The number of aromatic nitrogens is 4. The number of para-hydroxylation sites is 1. The molecule has 3 heterocycles. The van der Waals surface area contributed by atoms with Crippen LogP contribution in [-0.4, -0.2) is 61.9 Å². The number of unbranched alkanes of at least 4 members (excludes halogenated alkanes) is 18. The molecule has 1 aliphatic rings. The van der Waals surface area contributed by atoms with Crippen molar-refractivity contribution in [2.75, 3.05) is 12.3 Å². The normalized spacial score (nSPS) is 17.9. The van der Waals surface area contributed by atoms with Crippen LogP contribution in [0.3, 0.4) is 0 Å². The molecule has 5 rings (SSSR count). The van der Waals surface area contributed by atoms with Gasteiger partial charge < -0.3 is 24.5 Å². The largest absolute Gasteiger partial charge is 0.461 e. The van der Waals surface area contributed by atoms with E-state index in [9.17, 15) is 14.0 Å². The topological polar surface area (TPSA) is 179 Å². The highest BCUT2D eigenvalue weighted by molar-refractivity contribution is 7.52. The standard InChI is InChI=1S/C56H82FN6O8P/c1-5-9-12-14-16-18-20-22-29-35-45(36-30-23-21-19-17-15-13-10-6-2)68-54(65)47(40-44-33-27-24-28-34-44)62-72(66,71-46-37-31-25-32-38-46)67-42-56(8-4)48(69-50(64)39-26-11-7-3)41-49(70-56)63-43-59-51-52(58)60-55(57)61-53(51)63/h4,24-25,27-28,31-34,37-38,43,45,47-49H,5-7,9-23,26,29-30,35-36,39-42H2,1-3H3,(H,62,66)(H2,58,60,61)/t47?,48?,49?,56?,72-/m0/s1. The van der Waals surface area contributed by atoms with Crippen molar-refractivity contribution in [1.29, 1.82) is 0 Å². The van der Waals surface area contributed by atoms with Crippen LogP contribution in [0.1, 0.15) is 193 Å². The fourth-order valence-electron chi connectivity index (χ4n) is 9.20. The molecule has 0 amide bonds. The number of nitrogen functional groups attached to an aromatic ring is 1. The van der Waals surface area contributed by atoms with Gasteiger partial charge in [-0.3, -0.25) is 18.7 Å². The number of carbonyl (C=O) groups is 2. The van der Waals surface area contributed by atoms with Gasteiger partial charge >= 0.3 is 25.8 Å². The Morgan fingerprint density at radius 3 is 1.97 bits per heavy atom. The van der Waals surface area contributed by atoms with Gasteiger partial charge in [-0.05, 0) is 56.2 Å². The lowest BCUT2D eigenvalue weighted by Crippen LogP contribution is -2.46. The third-order valence-corrected chi connectivity index (χ3v) is 14.9. The lowest BCUT2D eigenvalue weighted by Gasteiger charge is -2.31. The molecule has 16 heteroatoms. The van der Waals surface area contributed by atoms with E-state index in [4.69, 9.17) is 35.4 Å². The van der Waals surface area contributed by atoms with Gasteiger partial charge in [-0.2, -0.15) is 19.4 Å². The molecule has 0 radical (unpaired) electrons. The molecule has 4 unspecified atom stereocenters. The van der Waals surface area contributed by atoms with Crippen LogP contribution in [0.4, 0.5) is 10.2 Å². The van der Waals surface area contributed by atoms with E-state index in [0.717, 1.165) is 69.8 Å². The second-order valence-corrected chi connectivity index (χ2v) is 21.0. The molecule has 5 atom stereocenters. The number of ether oxygens (including phenoxy) is 3. The summed E-state index contributed by atoms with van der Waals surface area (Å²) in [5.41, 5.74) is 5.07. The van der Waals surface area contributed by atoms with E-state index in [0.29, 0.717) is 6.42 Å². The zero-order valence-corrected chi connectivity index (χ0v) is 44.2. The highest BCUT2D eigenvalue weighted by atomic mass is 31.2. The number of hydrogen-bond acceptors (Lipinski definition) is 12. The molecule has 396 valence electrons. The number of rotatable bonds is 37. The van der Waals surface area contributed by atoms with E-state index in [1.165, 1.54) is 87.9 Å². The summed E-state index contributed by atoms with van der Waals surface area (Å²) in [6.45, 7) is 5.86. The molecule has 0 bridgehead atoms. The van der Waals surface area contributed by atoms with Gasteiger partial charge in [0.15, 0.2) is 22.6 Å². The Hall–Kier alpha value is -4.87. The Bertz CT molecular complexity index is 2260. The number of nitrogens with one attached hydrogen (secondary N) is 1. The van der Waals surface area contributed by atoms with Crippen LogP contribution < -0.4 is 15.3 Å². The summed E-state index contributed by atoms with van der Waals surface area (Å²) in [7, 11) is -4.62. The molecule has 1 saturated heterocycles. The minimum Gasteiger partial charge on any atom is -0.461 e. The monoisotopic (exact) mass is 1020 g/mol. The smallest absolute Gasteiger partial charge is 0.459 e. The zero-order valence-electron chi connectivity index (χ0n) is 43.3. The second-order valence-electron chi connectivity index (χ2n) is 19.3. The molecule has 4 aromatic rings. The van der Waals surface area contributed by atoms with E-state index in [2.05, 4.69) is 39.8 Å². The number of nitrogens with zero attached hydrogens (tertiary/aromatic N) is 4. The summed E-state index contributed by atoms with van der Waals surface area (Å²) in [6, 6.07) is 16.7. The van der Waals surface area contributed by atoms with Gasteiger partial charge in [-0.25, -0.2) is 9.55 Å². The maximum Gasteiger partial charge on any atom is 0.459 e. The van der Waals surface area contributed by atoms with Crippen LogP contribution in [-0.2, 0) is 39.3 Å². The Balaban J connectivity index is 1.39. The van der Waals surface area contributed by atoms with E-state index in [1.807, 2.05) is 37.3 Å². The SMILES string of the molecule is C#CC1(CO[P@@](=O)(NC(Cc2ccccc2)C(=O)OC(CCCCCCCCCCC)CCCCCCCCCCC)Oc2ccccc2)OC(n2cnc3c(N)nc(F)nc32)CC1OC(=O)CCCCC. The van der Waals surface area contributed by atoms with Crippen LogP contribution >= 0.6 is 7.75 Å². The van der Waals surface area contributed by atoms with Crippen molar-refractivity contribution in [3.63, 3.8) is 0 Å². The first kappa shape index (κ1) is 58.0. The van der Waals surface area contributed by atoms with Gasteiger partial charge in [-0.1, -0.05) is 191 Å². The van der Waals surface area contributed by atoms with Crippen molar-refractivity contribution >= 4 is 36.7 Å². The molecule has 14 nitrogen and oxygen atoms in total. The average Bonchev–Trinajstić information content (AvgIpc) is 3.96. The van der Waals surface area contributed by atoms with Crippen LogP contribution in [0.5, 0.6) is 5.75 Å². The second kappa shape index (κ2) is 31.7. The van der Waals surface area contributed by atoms with Crippen LogP contribution in [0.25, 0.3) is 11.2 Å². The van der Waals surface area contributed by atoms with Crippen molar-refractivity contribution in [1.82, 2.24) is 24.6 Å². The summed E-state index contributed by atoms with van der Waals surface area (Å²) in [5, 5.41) is 2.99. The summed E-state index contributed by atoms with van der Waals surface area (Å²) in [6.07, 6.45) is 29.3. The third kappa shape index (κ3) is 19.2. The Kier molecular flexibility index (Phi) is 25.5. The summed E-state index contributed by atoms with van der Waals surface area (Å²) in [5.74, 6) is 1.56. The van der Waals surface area contributed by atoms with Crippen LogP contribution in [0.2, 0.25) is 0 Å². The number of carbonyl (C=O) groups excluding carboxylic acids is 2. The molecule has 2 aromatic carbocycles. The Labute approximate surface area is 428 Å². The maximum atomic E-state index is 15.5. The first-order chi connectivity index (χ1) is 35.0. The van der Waals surface area contributed by atoms with Gasteiger partial charge in [0, 0.05) is 12.8 Å². The number of anilines is 1. The molecule has 0 aliphatic carbocycles. The minimum atomic E-state index is -4.62. The number of fused-ring (bicyclic) bond motifs is 1. The fraction of sp³-hybridized carbons (Fsp3) is 0.625. The molecular weight excluding hydrogens is 935 g/mol. The number of hydrogen-bond donors (Lipinski definition) is 2. The van der Waals surface area contributed by atoms with E-state index in [1.54, 1.807) is 30.3 Å². The average molecular weight is 1020 g/mol. The van der Waals surface area contributed by atoms with E-state index in [-0.39, 0.29) is 48.1 Å². The van der Waals surface area contributed by atoms with E-state index >= 15 is 4.57 Å². The Morgan fingerprint density at radius 1 is 0.833 bits per heavy atom. The number of nitrogens with two attached hydrogens (primary N) is 1. The van der Waals surface area contributed by atoms with Crippen molar-refractivity contribution in [2.45, 2.75) is 218 Å². The zero-order chi connectivity index (χ0) is 51.4. The molecule has 1 aliphatic heterocycles. The van der Waals surface area contributed by atoms with Crippen LogP contribution in [0.15, 0.2) is 67.0 Å². The Morgan fingerprint density at radius 2 is 1.39 bits per heavy atom. The number of halogens is 1. The molecule has 2 aromatic heterocycles. The molecule has 1 fully saturated rings. The van der Waals surface area contributed by atoms with Gasteiger partial charge in [0.1, 0.15) is 36.8 Å². The predicted octanol–water partition coefficient (Wildman–Crippen LogP) is 13.5.